The summed E-state index contributed by atoms with van der Waals surface area (Å²) in [5.41, 5.74) is 2.01. The molecule has 0 spiro atoms. The average Bonchev–Trinajstić information content (AvgIpc) is 2.42. The molecule has 2 aromatic rings. The number of rotatable bonds is 2. The molecule has 4 heteroatoms. The van der Waals surface area contributed by atoms with Crippen LogP contribution >= 0.6 is 12.9 Å². The van der Waals surface area contributed by atoms with Gasteiger partial charge in [0, 0.05) is 5.41 Å². The predicted octanol–water partition coefficient (Wildman–Crippen LogP) is 4.33. The zero-order valence-electron chi connectivity index (χ0n) is 11.1. The normalized spacial score (nSPS) is 10.5. The van der Waals surface area contributed by atoms with Crippen molar-refractivity contribution in [2.24, 2.45) is 0 Å². The van der Waals surface area contributed by atoms with Crippen molar-refractivity contribution in [1.82, 2.24) is 0 Å². The summed E-state index contributed by atoms with van der Waals surface area (Å²) in [6.07, 6.45) is 0. The molecule has 0 atom stereocenters. The van der Waals surface area contributed by atoms with Crippen LogP contribution < -0.4 is 0 Å². The van der Waals surface area contributed by atoms with E-state index in [4.69, 9.17) is 0 Å². The van der Waals surface area contributed by atoms with E-state index < -0.39 is 0 Å². The second kappa shape index (κ2) is 7.17. The largest absolute Gasteiger partial charge is 1.52 e. The summed E-state index contributed by atoms with van der Waals surface area (Å²) in [7, 11) is 0. The van der Waals surface area contributed by atoms with Gasteiger partial charge < -0.3 is 5.11 Å². The van der Waals surface area contributed by atoms with Crippen LogP contribution in [0.2, 0.25) is 0 Å². The van der Waals surface area contributed by atoms with E-state index in [-0.39, 0.29) is 16.9 Å². The lowest BCUT2D eigenvalue weighted by Crippen LogP contribution is -2.18. The molecule has 2 aromatic carbocycles. The predicted molar refractivity (Wildman–Crippen MR) is 81.5 cm³/mol. The molecule has 0 saturated heterocycles. The number of phenols is 1. The summed E-state index contributed by atoms with van der Waals surface area (Å²) in [5, 5.41) is 20.4. The first-order chi connectivity index (χ1) is 9.00. The Morgan fingerprint density at radius 1 is 0.895 bits per heavy atom. The smallest absolute Gasteiger partial charge is 0.508 e. The number of benzene rings is 2. The van der Waals surface area contributed by atoms with Crippen molar-refractivity contribution in [1.29, 1.82) is 0 Å². The van der Waals surface area contributed by atoms with Gasteiger partial charge in [-0.1, -0.05) is 38.1 Å². The molecule has 2 rings (SSSR count). The lowest BCUT2D eigenvalue weighted by molar-refractivity contribution is 0.354. The van der Waals surface area contributed by atoms with Crippen LogP contribution in [0.1, 0.15) is 25.0 Å². The standard InChI is InChI=1S/C15H15O2.BrH.Mg/c1-15(2,11-3-7-13(16)8-4-11)12-5-9-14(17)10-6-12;;/h3-10,16H,1-2H3;1H;/q;;+3/p-1. The third-order valence-corrected chi connectivity index (χ3v) is 3.16. The lowest BCUT2D eigenvalue weighted by atomic mass is 9.78. The molecule has 2 nitrogen and oxygen atoms in total. The maximum absolute atomic E-state index is 11.1. The molecule has 0 aromatic heterocycles. The van der Waals surface area contributed by atoms with Crippen LogP contribution in [-0.4, -0.2) is 24.6 Å². The molecule has 0 heterocycles. The Morgan fingerprint density at radius 3 is 1.68 bits per heavy atom. The molecular weight excluding hydrogens is 316 g/mol. The van der Waals surface area contributed by atoms with Crippen molar-refractivity contribution in [3.05, 3.63) is 59.7 Å². The fourth-order valence-corrected chi connectivity index (χ4v) is 1.92. The molecule has 19 heavy (non-hydrogen) atoms. The number of phenolic OH excluding ortho intramolecular Hbond substituents is 1. The number of hydrogen-bond donors (Lipinski definition) is 1. The van der Waals surface area contributed by atoms with Gasteiger partial charge in [0.05, 0.1) is 0 Å². The highest BCUT2D eigenvalue weighted by atomic mass is 79.9. The first kappa shape index (κ1) is 16.3. The van der Waals surface area contributed by atoms with E-state index in [9.17, 15) is 10.2 Å². The molecule has 0 bridgehead atoms. The van der Waals surface area contributed by atoms with Gasteiger partial charge in [-0.05, 0) is 35.4 Å². The molecular formula is C15H15BrMgO2+2. The molecule has 0 aliphatic rings. The van der Waals surface area contributed by atoms with Gasteiger partial charge >= 0.3 is 32.4 Å². The van der Waals surface area contributed by atoms with Crippen LogP contribution in [0.4, 0.5) is 0 Å². The zero-order valence-corrected chi connectivity index (χ0v) is 14.1. The van der Waals surface area contributed by atoms with Gasteiger partial charge in [-0.15, -0.1) is 0 Å². The van der Waals surface area contributed by atoms with Gasteiger partial charge in [0.1, 0.15) is 5.75 Å². The van der Waals surface area contributed by atoms with E-state index in [0.29, 0.717) is 0 Å². The van der Waals surface area contributed by atoms with Crippen molar-refractivity contribution in [2.75, 3.05) is 0 Å². The van der Waals surface area contributed by atoms with Crippen molar-refractivity contribution in [3.63, 3.8) is 0 Å². The first-order valence-electron chi connectivity index (χ1n) is 5.84. The van der Waals surface area contributed by atoms with Crippen LogP contribution in [0, 0.1) is 0 Å². The van der Waals surface area contributed by atoms with Crippen LogP contribution in [0.5, 0.6) is 11.5 Å². The minimum atomic E-state index is -0.179. The van der Waals surface area contributed by atoms with Crippen LogP contribution in [-0.2, 0) is 10.5 Å². The van der Waals surface area contributed by atoms with Gasteiger partial charge in [-0.25, -0.2) is 0 Å². The van der Waals surface area contributed by atoms with Crippen molar-refractivity contribution >= 4 is 32.4 Å². The summed E-state index contributed by atoms with van der Waals surface area (Å²) in [6.45, 7) is 4.19. The number of aromatic hydroxyl groups is 1. The fourth-order valence-electron chi connectivity index (χ4n) is 1.92. The maximum atomic E-state index is 11.1. The Kier molecular flexibility index (Phi) is 6.17. The van der Waals surface area contributed by atoms with Crippen LogP contribution in [0.15, 0.2) is 48.5 Å². The summed E-state index contributed by atoms with van der Waals surface area (Å²) >= 11 is 4.64. The van der Waals surface area contributed by atoms with E-state index in [1.807, 2.05) is 24.3 Å². The van der Waals surface area contributed by atoms with Crippen molar-refractivity contribution < 1.29 is 10.2 Å². The van der Waals surface area contributed by atoms with Crippen LogP contribution in [0.25, 0.3) is 0 Å². The average molecular weight is 331 g/mol. The van der Waals surface area contributed by atoms with E-state index in [2.05, 4.69) is 26.7 Å². The van der Waals surface area contributed by atoms with E-state index >= 15 is 0 Å². The third kappa shape index (κ3) is 4.13. The highest BCUT2D eigenvalue weighted by Crippen LogP contribution is 2.32. The number of halogens is 1. The Labute approximate surface area is 132 Å². The molecule has 0 fully saturated rings. The quantitative estimate of drug-likeness (QED) is 0.818. The Bertz CT molecular complexity index is 459. The van der Waals surface area contributed by atoms with Gasteiger partial charge in [0.2, 0.25) is 0 Å². The van der Waals surface area contributed by atoms with Gasteiger partial charge in [0.25, 0.3) is 0 Å². The Balaban J connectivity index is 0.000000861. The van der Waals surface area contributed by atoms with Crippen molar-refractivity contribution in [2.45, 2.75) is 19.3 Å². The Morgan fingerprint density at radius 2 is 1.26 bits per heavy atom. The number of hydrogen-bond acceptors (Lipinski definition) is 1. The summed E-state index contributed by atoms with van der Waals surface area (Å²) in [4.78, 5) is 0. The second-order valence-corrected chi connectivity index (χ2v) is 4.70. The zero-order chi connectivity index (χ0) is 14.5. The SMILES string of the molecule is CC(C)(c1ccc([O])cc1)c1ccc(O)cc1.[Mg+2][Br]. The molecule has 0 amide bonds. The minimum Gasteiger partial charge on any atom is -0.508 e. The van der Waals surface area contributed by atoms with Crippen LogP contribution in [0.3, 0.4) is 0 Å². The molecule has 0 aliphatic carbocycles. The van der Waals surface area contributed by atoms with Crippen molar-refractivity contribution in [3.8, 4) is 11.5 Å². The van der Waals surface area contributed by atoms with E-state index in [1.165, 1.54) is 0 Å². The topological polar surface area (TPSA) is 40.1 Å². The second-order valence-electron chi connectivity index (χ2n) is 4.70. The molecule has 0 unspecified atom stereocenters. The fraction of sp³-hybridized carbons (Fsp3) is 0.200. The van der Waals surface area contributed by atoms with Gasteiger partial charge in [-0.2, -0.15) is 0 Å². The molecule has 0 saturated carbocycles. The Hall–Kier alpha value is -0.714. The summed E-state index contributed by atoms with van der Waals surface area (Å²) in [5.74, 6) is 0.287. The minimum absolute atomic E-state index is 0.0234. The van der Waals surface area contributed by atoms with Gasteiger partial charge in [-0.3, -0.25) is 5.11 Å². The van der Waals surface area contributed by atoms with E-state index in [1.54, 1.807) is 43.8 Å². The van der Waals surface area contributed by atoms with E-state index in [0.717, 1.165) is 11.1 Å². The first-order valence-corrected chi connectivity index (χ1v) is 9.74. The highest BCUT2D eigenvalue weighted by molar-refractivity contribution is 9.22. The maximum Gasteiger partial charge on any atom is 1.52 e. The summed E-state index contributed by atoms with van der Waals surface area (Å²) < 4.78 is 0. The highest BCUT2D eigenvalue weighted by Gasteiger charge is 2.22. The molecule has 8 radical (unpaired) electrons. The lowest BCUT2D eigenvalue weighted by Gasteiger charge is -2.26. The summed E-state index contributed by atoms with van der Waals surface area (Å²) in [6, 6.07) is 14.0. The molecule has 94 valence electrons. The molecule has 0 aliphatic heterocycles. The monoisotopic (exact) mass is 330 g/mol. The molecule has 1 N–H and O–H groups in total. The van der Waals surface area contributed by atoms with Gasteiger partial charge in [0.15, 0.2) is 5.75 Å². The third-order valence-electron chi connectivity index (χ3n) is 3.16.